The highest BCUT2D eigenvalue weighted by atomic mass is 15.1. The Bertz CT molecular complexity index is 447. The van der Waals surface area contributed by atoms with E-state index in [1.54, 1.807) is 6.33 Å². The first-order chi connectivity index (χ1) is 9.68. The van der Waals surface area contributed by atoms with Crippen molar-refractivity contribution < 1.29 is 0 Å². The Morgan fingerprint density at radius 3 is 2.14 bits per heavy atom. The molecule has 0 spiro atoms. The first-order valence-corrected chi connectivity index (χ1v) is 8.04. The molecule has 0 bridgehead atoms. The fourth-order valence-electron chi connectivity index (χ4n) is 3.02. The molecule has 0 aromatic carbocycles. The van der Waals surface area contributed by atoms with Gasteiger partial charge in [0.1, 0.15) is 18.0 Å². The summed E-state index contributed by atoms with van der Waals surface area (Å²) in [5.74, 6) is 1.93. The van der Waals surface area contributed by atoms with Crippen LogP contribution in [0.4, 0.5) is 11.6 Å². The molecule has 0 unspecified atom stereocenters. The molecule has 0 aliphatic carbocycles. The minimum atomic E-state index is -0.00141. The van der Waals surface area contributed by atoms with Crippen LogP contribution in [-0.4, -0.2) is 22.1 Å². The largest absolute Gasteiger partial charge is 0.370 e. The lowest BCUT2D eigenvalue weighted by molar-refractivity contribution is 0.302. The number of rotatable bonds is 7. The summed E-state index contributed by atoms with van der Waals surface area (Å²) in [6.45, 7) is 16.4. The van der Waals surface area contributed by atoms with Crippen LogP contribution in [0.1, 0.15) is 66.9 Å². The Hall–Kier alpha value is -1.32. The molecular weight excluding hydrogens is 260 g/mol. The van der Waals surface area contributed by atoms with E-state index >= 15 is 0 Å². The second-order valence-electron chi connectivity index (χ2n) is 7.58. The first kappa shape index (κ1) is 17.7. The van der Waals surface area contributed by atoms with Gasteiger partial charge in [0.2, 0.25) is 0 Å². The standard InChI is InChI=1S/C17H32N4/c1-8-10-13-14(18-9-2)19-12-20-15(13)21-17(6,7)11-16(3,4)5/h12H,8-11H2,1-7H3,(H2,18,19,20,21). The van der Waals surface area contributed by atoms with E-state index in [1.807, 2.05) is 0 Å². The molecule has 1 heterocycles. The van der Waals surface area contributed by atoms with Crippen molar-refractivity contribution in [3.05, 3.63) is 11.9 Å². The molecule has 0 atom stereocenters. The topological polar surface area (TPSA) is 49.8 Å². The van der Waals surface area contributed by atoms with Gasteiger partial charge in [-0.15, -0.1) is 0 Å². The summed E-state index contributed by atoms with van der Waals surface area (Å²) in [6.07, 6.45) is 4.79. The third-order valence-corrected chi connectivity index (χ3v) is 3.22. The van der Waals surface area contributed by atoms with E-state index in [0.29, 0.717) is 0 Å². The predicted molar refractivity (Wildman–Crippen MR) is 92.0 cm³/mol. The maximum atomic E-state index is 4.49. The van der Waals surface area contributed by atoms with Crippen molar-refractivity contribution >= 4 is 11.6 Å². The summed E-state index contributed by atoms with van der Waals surface area (Å²) < 4.78 is 0. The van der Waals surface area contributed by atoms with E-state index in [-0.39, 0.29) is 11.0 Å². The maximum absolute atomic E-state index is 4.49. The zero-order chi connectivity index (χ0) is 16.1. The highest BCUT2D eigenvalue weighted by molar-refractivity contribution is 5.58. The molecule has 0 radical (unpaired) electrons. The summed E-state index contributed by atoms with van der Waals surface area (Å²) in [5.41, 5.74) is 1.47. The Morgan fingerprint density at radius 2 is 1.62 bits per heavy atom. The quantitative estimate of drug-likeness (QED) is 0.777. The maximum Gasteiger partial charge on any atom is 0.135 e. The lowest BCUT2D eigenvalue weighted by atomic mass is 9.81. The van der Waals surface area contributed by atoms with Crippen molar-refractivity contribution in [2.45, 2.75) is 73.3 Å². The molecule has 4 nitrogen and oxygen atoms in total. The van der Waals surface area contributed by atoms with Crippen LogP contribution in [0.15, 0.2) is 6.33 Å². The Kier molecular flexibility index (Phi) is 5.99. The molecule has 0 aliphatic heterocycles. The smallest absolute Gasteiger partial charge is 0.135 e. The first-order valence-electron chi connectivity index (χ1n) is 8.04. The van der Waals surface area contributed by atoms with Gasteiger partial charge in [-0.3, -0.25) is 0 Å². The Labute approximate surface area is 130 Å². The highest BCUT2D eigenvalue weighted by Crippen LogP contribution is 2.31. The Morgan fingerprint density at radius 1 is 1.00 bits per heavy atom. The molecule has 0 aliphatic rings. The average molecular weight is 292 g/mol. The lowest BCUT2D eigenvalue weighted by Crippen LogP contribution is -2.36. The summed E-state index contributed by atoms with van der Waals surface area (Å²) in [4.78, 5) is 8.88. The number of anilines is 2. The van der Waals surface area contributed by atoms with Gasteiger partial charge in [-0.25, -0.2) is 9.97 Å². The van der Waals surface area contributed by atoms with E-state index in [0.717, 1.165) is 37.4 Å². The zero-order valence-electron chi connectivity index (χ0n) is 14.8. The molecule has 0 saturated carbocycles. The van der Waals surface area contributed by atoms with Crippen LogP contribution < -0.4 is 10.6 Å². The van der Waals surface area contributed by atoms with Gasteiger partial charge in [0, 0.05) is 17.6 Å². The van der Waals surface area contributed by atoms with E-state index in [2.05, 4.69) is 69.1 Å². The SMILES string of the molecule is CCCc1c(NCC)ncnc1NC(C)(C)CC(C)(C)C. The third-order valence-electron chi connectivity index (χ3n) is 3.22. The van der Waals surface area contributed by atoms with Gasteiger partial charge in [-0.1, -0.05) is 34.1 Å². The fraction of sp³-hybridized carbons (Fsp3) is 0.765. The number of nitrogens with zero attached hydrogens (tertiary/aromatic N) is 2. The van der Waals surface area contributed by atoms with Crippen molar-refractivity contribution in [2.75, 3.05) is 17.2 Å². The summed E-state index contributed by atoms with van der Waals surface area (Å²) in [5, 5.41) is 6.98. The minimum Gasteiger partial charge on any atom is -0.370 e. The van der Waals surface area contributed by atoms with Crippen LogP contribution in [0.2, 0.25) is 0 Å². The molecule has 120 valence electrons. The normalized spacial score (nSPS) is 12.3. The van der Waals surface area contributed by atoms with Crippen molar-refractivity contribution in [3.8, 4) is 0 Å². The molecule has 0 amide bonds. The average Bonchev–Trinajstić information content (AvgIpc) is 2.30. The minimum absolute atomic E-state index is 0.00141. The van der Waals surface area contributed by atoms with Gasteiger partial charge in [0.05, 0.1) is 0 Å². The van der Waals surface area contributed by atoms with Crippen LogP contribution in [-0.2, 0) is 6.42 Å². The second kappa shape index (κ2) is 7.10. The van der Waals surface area contributed by atoms with Gasteiger partial charge in [0.25, 0.3) is 0 Å². The molecule has 1 aromatic heterocycles. The molecule has 2 N–H and O–H groups in total. The summed E-state index contributed by atoms with van der Waals surface area (Å²) in [7, 11) is 0. The lowest BCUT2D eigenvalue weighted by Gasteiger charge is -2.34. The van der Waals surface area contributed by atoms with Gasteiger partial charge in [0.15, 0.2) is 0 Å². The highest BCUT2D eigenvalue weighted by Gasteiger charge is 2.26. The van der Waals surface area contributed by atoms with Crippen molar-refractivity contribution in [1.82, 2.24) is 9.97 Å². The van der Waals surface area contributed by atoms with Crippen LogP contribution in [0, 0.1) is 5.41 Å². The Balaban J connectivity index is 3.03. The predicted octanol–water partition coefficient (Wildman–Crippen LogP) is 4.49. The van der Waals surface area contributed by atoms with E-state index in [4.69, 9.17) is 0 Å². The second-order valence-corrected chi connectivity index (χ2v) is 7.58. The zero-order valence-corrected chi connectivity index (χ0v) is 14.8. The number of hydrogen-bond acceptors (Lipinski definition) is 4. The van der Waals surface area contributed by atoms with Gasteiger partial charge in [-0.05, 0) is 39.0 Å². The van der Waals surface area contributed by atoms with Crippen LogP contribution >= 0.6 is 0 Å². The third kappa shape index (κ3) is 5.90. The number of nitrogens with one attached hydrogen (secondary N) is 2. The van der Waals surface area contributed by atoms with Gasteiger partial charge in [-0.2, -0.15) is 0 Å². The number of hydrogen-bond donors (Lipinski definition) is 2. The molecular formula is C17H32N4. The molecule has 0 saturated heterocycles. The van der Waals surface area contributed by atoms with Crippen molar-refractivity contribution in [1.29, 1.82) is 0 Å². The summed E-state index contributed by atoms with van der Waals surface area (Å²) >= 11 is 0. The van der Waals surface area contributed by atoms with Crippen LogP contribution in [0.25, 0.3) is 0 Å². The molecule has 1 rings (SSSR count). The molecule has 21 heavy (non-hydrogen) atoms. The molecule has 0 fully saturated rings. The molecule has 1 aromatic rings. The van der Waals surface area contributed by atoms with E-state index in [1.165, 1.54) is 5.56 Å². The van der Waals surface area contributed by atoms with Crippen molar-refractivity contribution in [3.63, 3.8) is 0 Å². The summed E-state index contributed by atoms with van der Waals surface area (Å²) in [6, 6.07) is 0. The fourth-order valence-corrected chi connectivity index (χ4v) is 3.02. The van der Waals surface area contributed by atoms with Crippen molar-refractivity contribution in [2.24, 2.45) is 5.41 Å². The van der Waals surface area contributed by atoms with Gasteiger partial charge < -0.3 is 10.6 Å². The molecule has 4 heteroatoms. The number of aromatic nitrogens is 2. The van der Waals surface area contributed by atoms with Gasteiger partial charge >= 0.3 is 0 Å². The van der Waals surface area contributed by atoms with Crippen LogP contribution in [0.5, 0.6) is 0 Å². The van der Waals surface area contributed by atoms with E-state index in [9.17, 15) is 0 Å². The van der Waals surface area contributed by atoms with Crippen LogP contribution in [0.3, 0.4) is 0 Å². The monoisotopic (exact) mass is 292 g/mol. The van der Waals surface area contributed by atoms with E-state index < -0.39 is 0 Å².